The molecular formula is C10H9BrN2O2. The van der Waals surface area contributed by atoms with Crippen molar-refractivity contribution in [2.75, 3.05) is 0 Å². The third-order valence-corrected chi connectivity index (χ3v) is 2.80. The van der Waals surface area contributed by atoms with Crippen LogP contribution in [0.15, 0.2) is 21.4 Å². The molecular weight excluding hydrogens is 260 g/mol. The highest BCUT2D eigenvalue weighted by molar-refractivity contribution is 9.10. The van der Waals surface area contributed by atoms with Crippen LogP contribution in [0, 0.1) is 13.8 Å². The van der Waals surface area contributed by atoms with E-state index in [1.165, 1.54) is 10.5 Å². The standard InChI is InChI=1S/C10H9BrN2O2/c1-5-6(2)12-8-3-7(11)4-9(14)13(8)10(5)15/h3-4,14H,1-2H3. The van der Waals surface area contributed by atoms with Crippen LogP contribution in [0.2, 0.25) is 0 Å². The third-order valence-electron chi connectivity index (χ3n) is 2.34. The first-order chi connectivity index (χ1) is 7.00. The maximum Gasteiger partial charge on any atom is 0.263 e. The smallest absolute Gasteiger partial charge is 0.263 e. The van der Waals surface area contributed by atoms with Gasteiger partial charge in [0.2, 0.25) is 5.88 Å². The van der Waals surface area contributed by atoms with Crippen molar-refractivity contribution >= 4 is 21.6 Å². The lowest BCUT2D eigenvalue weighted by atomic mass is 10.2. The Morgan fingerprint density at radius 1 is 1.40 bits per heavy atom. The first-order valence-corrected chi connectivity index (χ1v) is 5.18. The molecule has 2 aromatic rings. The summed E-state index contributed by atoms with van der Waals surface area (Å²) >= 11 is 3.24. The van der Waals surface area contributed by atoms with E-state index in [9.17, 15) is 9.90 Å². The number of rotatable bonds is 0. The molecule has 0 aliphatic heterocycles. The zero-order valence-corrected chi connectivity index (χ0v) is 9.87. The number of aromatic nitrogens is 2. The molecule has 0 bridgehead atoms. The molecule has 0 aliphatic rings. The van der Waals surface area contributed by atoms with Crippen LogP contribution in [0.5, 0.6) is 5.88 Å². The second kappa shape index (κ2) is 3.34. The van der Waals surface area contributed by atoms with Crippen molar-refractivity contribution in [1.29, 1.82) is 0 Å². The SMILES string of the molecule is Cc1nc2cc(Br)cc(O)n2c(=O)c1C. The van der Waals surface area contributed by atoms with Gasteiger partial charge in [0.05, 0.1) is 0 Å². The lowest BCUT2D eigenvalue weighted by Crippen LogP contribution is -2.19. The number of fused-ring (bicyclic) bond motifs is 1. The van der Waals surface area contributed by atoms with Crippen LogP contribution in [-0.4, -0.2) is 14.5 Å². The van der Waals surface area contributed by atoms with Crippen LogP contribution in [0.3, 0.4) is 0 Å². The summed E-state index contributed by atoms with van der Waals surface area (Å²) in [6.07, 6.45) is 0. The molecule has 0 atom stereocenters. The normalized spacial score (nSPS) is 10.9. The zero-order valence-electron chi connectivity index (χ0n) is 8.28. The average molecular weight is 269 g/mol. The lowest BCUT2D eigenvalue weighted by molar-refractivity contribution is 0.442. The molecule has 2 rings (SSSR count). The zero-order chi connectivity index (χ0) is 11.2. The summed E-state index contributed by atoms with van der Waals surface area (Å²) in [6.45, 7) is 3.47. The van der Waals surface area contributed by atoms with Gasteiger partial charge in [-0.15, -0.1) is 0 Å². The molecule has 0 unspecified atom stereocenters. The Hall–Kier alpha value is -1.36. The summed E-state index contributed by atoms with van der Waals surface area (Å²) in [5.74, 6) is -0.111. The fourth-order valence-electron chi connectivity index (χ4n) is 1.40. The molecule has 0 amide bonds. The van der Waals surface area contributed by atoms with E-state index in [1.54, 1.807) is 19.9 Å². The molecule has 5 heteroatoms. The lowest BCUT2D eigenvalue weighted by Gasteiger charge is -2.06. The highest BCUT2D eigenvalue weighted by Gasteiger charge is 2.09. The van der Waals surface area contributed by atoms with Crippen molar-refractivity contribution in [1.82, 2.24) is 9.38 Å². The van der Waals surface area contributed by atoms with Gasteiger partial charge in [-0.1, -0.05) is 15.9 Å². The van der Waals surface area contributed by atoms with Crippen LogP contribution in [0.4, 0.5) is 0 Å². The van der Waals surface area contributed by atoms with Crippen LogP contribution < -0.4 is 5.56 Å². The molecule has 0 saturated heterocycles. The Bertz CT molecular complexity index is 604. The number of hydrogen-bond donors (Lipinski definition) is 1. The number of aryl methyl sites for hydroxylation is 1. The predicted molar refractivity (Wildman–Crippen MR) is 60.3 cm³/mol. The minimum Gasteiger partial charge on any atom is -0.494 e. The predicted octanol–water partition coefficient (Wildman–Crippen LogP) is 1.78. The molecule has 78 valence electrons. The highest BCUT2D eigenvalue weighted by atomic mass is 79.9. The first kappa shape index (κ1) is 10.2. The number of halogens is 1. The minimum absolute atomic E-state index is 0.111. The summed E-state index contributed by atoms with van der Waals surface area (Å²) in [5.41, 5.74) is 1.43. The third kappa shape index (κ3) is 1.52. The van der Waals surface area contributed by atoms with Gasteiger partial charge in [0.15, 0.2) is 0 Å². The summed E-state index contributed by atoms with van der Waals surface area (Å²) in [7, 11) is 0. The molecule has 0 saturated carbocycles. The summed E-state index contributed by atoms with van der Waals surface area (Å²) in [6, 6.07) is 3.15. The second-order valence-electron chi connectivity index (χ2n) is 3.35. The van der Waals surface area contributed by atoms with Gasteiger partial charge in [-0.25, -0.2) is 9.38 Å². The molecule has 2 aromatic heterocycles. The maximum atomic E-state index is 11.8. The summed E-state index contributed by atoms with van der Waals surface area (Å²) < 4.78 is 1.88. The maximum absolute atomic E-state index is 11.8. The Kier molecular flexibility index (Phi) is 2.26. The van der Waals surface area contributed by atoms with Gasteiger partial charge in [-0.2, -0.15) is 0 Å². The van der Waals surface area contributed by atoms with Crippen molar-refractivity contribution in [2.24, 2.45) is 0 Å². The molecule has 0 aromatic carbocycles. The van der Waals surface area contributed by atoms with Gasteiger partial charge >= 0.3 is 0 Å². The Morgan fingerprint density at radius 3 is 2.73 bits per heavy atom. The van der Waals surface area contributed by atoms with Gasteiger partial charge in [0, 0.05) is 21.8 Å². The molecule has 0 radical (unpaired) electrons. The van der Waals surface area contributed by atoms with E-state index in [2.05, 4.69) is 20.9 Å². The monoisotopic (exact) mass is 268 g/mol. The van der Waals surface area contributed by atoms with Crippen molar-refractivity contribution in [3.8, 4) is 5.88 Å². The average Bonchev–Trinajstić information content (AvgIpc) is 2.13. The number of nitrogens with zero attached hydrogens (tertiary/aromatic N) is 2. The Balaban J connectivity index is 3.06. The Morgan fingerprint density at radius 2 is 2.07 bits per heavy atom. The number of hydrogen-bond acceptors (Lipinski definition) is 3. The van der Waals surface area contributed by atoms with Crippen molar-refractivity contribution in [3.05, 3.63) is 38.2 Å². The second-order valence-corrected chi connectivity index (χ2v) is 4.27. The van der Waals surface area contributed by atoms with Crippen molar-refractivity contribution in [3.63, 3.8) is 0 Å². The van der Waals surface area contributed by atoms with E-state index in [0.29, 0.717) is 21.4 Å². The van der Waals surface area contributed by atoms with Crippen LogP contribution in [0.1, 0.15) is 11.3 Å². The largest absolute Gasteiger partial charge is 0.494 e. The van der Waals surface area contributed by atoms with E-state index in [0.717, 1.165) is 0 Å². The van der Waals surface area contributed by atoms with Gasteiger partial charge in [-0.3, -0.25) is 4.79 Å². The minimum atomic E-state index is -0.234. The van der Waals surface area contributed by atoms with E-state index < -0.39 is 0 Å². The van der Waals surface area contributed by atoms with E-state index in [-0.39, 0.29) is 11.4 Å². The highest BCUT2D eigenvalue weighted by Crippen LogP contribution is 2.19. The molecule has 0 spiro atoms. The molecule has 4 nitrogen and oxygen atoms in total. The molecule has 0 fully saturated rings. The van der Waals surface area contributed by atoms with E-state index in [1.807, 2.05) is 0 Å². The fraction of sp³-hybridized carbons (Fsp3) is 0.200. The van der Waals surface area contributed by atoms with Crippen molar-refractivity contribution in [2.45, 2.75) is 13.8 Å². The Labute approximate surface area is 94.3 Å². The van der Waals surface area contributed by atoms with E-state index in [4.69, 9.17) is 0 Å². The van der Waals surface area contributed by atoms with Crippen LogP contribution in [0.25, 0.3) is 5.65 Å². The van der Waals surface area contributed by atoms with Gasteiger partial charge in [0.1, 0.15) is 5.65 Å². The van der Waals surface area contributed by atoms with Gasteiger partial charge in [0.25, 0.3) is 5.56 Å². The van der Waals surface area contributed by atoms with E-state index >= 15 is 0 Å². The number of aromatic hydroxyl groups is 1. The van der Waals surface area contributed by atoms with Crippen molar-refractivity contribution < 1.29 is 5.11 Å². The quantitative estimate of drug-likeness (QED) is 0.793. The van der Waals surface area contributed by atoms with Gasteiger partial charge < -0.3 is 5.11 Å². The molecule has 0 aliphatic carbocycles. The fourth-order valence-corrected chi connectivity index (χ4v) is 1.81. The number of pyridine rings is 1. The molecule has 15 heavy (non-hydrogen) atoms. The first-order valence-electron chi connectivity index (χ1n) is 4.39. The van der Waals surface area contributed by atoms with Crippen LogP contribution >= 0.6 is 15.9 Å². The topological polar surface area (TPSA) is 54.6 Å². The molecule has 1 N–H and O–H groups in total. The van der Waals surface area contributed by atoms with Crippen LogP contribution in [-0.2, 0) is 0 Å². The molecule has 2 heterocycles. The summed E-state index contributed by atoms with van der Waals surface area (Å²) in [4.78, 5) is 16.1. The van der Waals surface area contributed by atoms with Gasteiger partial charge in [-0.05, 0) is 19.9 Å². The summed E-state index contributed by atoms with van der Waals surface area (Å²) in [5, 5.41) is 9.64.